The molecule has 0 N–H and O–H groups in total. The summed E-state index contributed by atoms with van der Waals surface area (Å²) >= 11 is 0. The number of methoxy groups -OCH3 is 1. The van der Waals surface area contributed by atoms with Crippen LogP contribution in [0.25, 0.3) is 0 Å². The van der Waals surface area contributed by atoms with Crippen LogP contribution < -0.4 is 9.64 Å². The zero-order valence-electron chi connectivity index (χ0n) is 17.4. The summed E-state index contributed by atoms with van der Waals surface area (Å²) in [5, 5.41) is 0. The summed E-state index contributed by atoms with van der Waals surface area (Å²) in [5.74, 6) is 0.259. The third kappa shape index (κ3) is 3.97. The van der Waals surface area contributed by atoms with Gasteiger partial charge in [-0.05, 0) is 30.7 Å². The zero-order chi connectivity index (χ0) is 22.0. The minimum absolute atomic E-state index is 0.00274. The standard InChI is InChI=1S/C22H25N3O5S/c1-30-19-9-4-3-8-18(19)23-13-15-24(16-14-23)21(26)11-6-12-25-22(27)17-7-2-5-10-20(17)31(25,28)29/h2-5,7-10H,6,11-16H2,1H3. The van der Waals surface area contributed by atoms with E-state index in [1.165, 1.54) is 12.1 Å². The van der Waals surface area contributed by atoms with Gasteiger partial charge in [-0.1, -0.05) is 24.3 Å². The Hall–Kier alpha value is -3.07. The summed E-state index contributed by atoms with van der Waals surface area (Å²) in [5.41, 5.74) is 1.20. The molecule has 2 aromatic rings. The number of anilines is 1. The summed E-state index contributed by atoms with van der Waals surface area (Å²) in [6.07, 6.45) is 0.495. The Morgan fingerprint density at radius 2 is 1.68 bits per heavy atom. The van der Waals surface area contributed by atoms with Crippen molar-refractivity contribution in [2.45, 2.75) is 17.7 Å². The summed E-state index contributed by atoms with van der Waals surface area (Å²) in [6.45, 7) is 2.57. The molecule has 2 aliphatic heterocycles. The molecule has 2 aromatic carbocycles. The van der Waals surface area contributed by atoms with Crippen LogP contribution in [0.15, 0.2) is 53.4 Å². The Labute approximate surface area is 182 Å². The van der Waals surface area contributed by atoms with Crippen molar-refractivity contribution in [3.8, 4) is 5.75 Å². The third-order valence-electron chi connectivity index (χ3n) is 5.72. The van der Waals surface area contributed by atoms with Crippen molar-refractivity contribution in [1.29, 1.82) is 0 Å². The fourth-order valence-electron chi connectivity index (χ4n) is 4.07. The molecule has 0 aromatic heterocycles. The first-order valence-electron chi connectivity index (χ1n) is 10.3. The number of hydrogen-bond acceptors (Lipinski definition) is 6. The Balaban J connectivity index is 1.29. The lowest BCUT2D eigenvalue weighted by molar-refractivity contribution is -0.131. The Morgan fingerprint density at radius 3 is 2.39 bits per heavy atom. The van der Waals surface area contributed by atoms with Crippen molar-refractivity contribution < 1.29 is 22.7 Å². The van der Waals surface area contributed by atoms with Gasteiger partial charge in [0.2, 0.25) is 5.91 Å². The van der Waals surface area contributed by atoms with Crippen LogP contribution in [-0.4, -0.2) is 69.3 Å². The molecule has 4 rings (SSSR count). The van der Waals surface area contributed by atoms with Crippen molar-refractivity contribution >= 4 is 27.5 Å². The predicted octanol–water partition coefficient (Wildman–Crippen LogP) is 1.97. The van der Waals surface area contributed by atoms with Gasteiger partial charge in [-0.3, -0.25) is 9.59 Å². The summed E-state index contributed by atoms with van der Waals surface area (Å²) in [7, 11) is -2.18. The first kappa shape index (κ1) is 21.2. The van der Waals surface area contributed by atoms with Gasteiger partial charge in [-0.2, -0.15) is 0 Å². The molecule has 164 valence electrons. The molecule has 0 unspecified atom stereocenters. The number of hydrogen-bond donors (Lipinski definition) is 0. The van der Waals surface area contributed by atoms with E-state index >= 15 is 0 Å². The molecule has 0 aliphatic carbocycles. The highest BCUT2D eigenvalue weighted by Gasteiger charge is 2.40. The Morgan fingerprint density at radius 1 is 1.00 bits per heavy atom. The van der Waals surface area contributed by atoms with Crippen molar-refractivity contribution in [1.82, 2.24) is 9.21 Å². The number of fused-ring (bicyclic) bond motifs is 1. The number of benzene rings is 2. The van der Waals surface area contributed by atoms with Crippen LogP contribution in [0.4, 0.5) is 5.69 Å². The zero-order valence-corrected chi connectivity index (χ0v) is 18.2. The van der Waals surface area contributed by atoms with E-state index in [2.05, 4.69) is 4.90 Å². The lowest BCUT2D eigenvalue weighted by Crippen LogP contribution is -2.49. The Bertz CT molecular complexity index is 1090. The van der Waals surface area contributed by atoms with Crippen molar-refractivity contribution in [3.05, 3.63) is 54.1 Å². The number of nitrogens with zero attached hydrogens (tertiary/aromatic N) is 3. The Kier molecular flexibility index (Phi) is 5.86. The summed E-state index contributed by atoms with van der Waals surface area (Å²) in [4.78, 5) is 29.1. The molecule has 0 saturated carbocycles. The molecule has 9 heteroatoms. The van der Waals surface area contributed by atoms with Crippen molar-refractivity contribution in [2.75, 3.05) is 44.7 Å². The highest BCUT2D eigenvalue weighted by molar-refractivity contribution is 7.90. The van der Waals surface area contributed by atoms with Crippen LogP contribution >= 0.6 is 0 Å². The second-order valence-corrected chi connectivity index (χ2v) is 9.35. The smallest absolute Gasteiger partial charge is 0.269 e. The van der Waals surface area contributed by atoms with Crippen LogP contribution in [0.3, 0.4) is 0 Å². The normalized spacial score (nSPS) is 17.6. The molecular weight excluding hydrogens is 418 g/mol. The maximum atomic E-state index is 12.6. The number of sulfonamides is 1. The van der Waals surface area contributed by atoms with Gasteiger partial charge in [0.05, 0.1) is 18.4 Å². The predicted molar refractivity (Wildman–Crippen MR) is 116 cm³/mol. The van der Waals surface area contributed by atoms with Crippen molar-refractivity contribution in [2.24, 2.45) is 0 Å². The number of carbonyl (C=O) groups excluding carboxylic acids is 2. The van der Waals surface area contributed by atoms with Gasteiger partial charge >= 0.3 is 0 Å². The van der Waals surface area contributed by atoms with Gasteiger partial charge in [0.15, 0.2) is 0 Å². The lowest BCUT2D eigenvalue weighted by Gasteiger charge is -2.36. The highest BCUT2D eigenvalue weighted by Crippen LogP contribution is 2.30. The van der Waals surface area contributed by atoms with E-state index in [9.17, 15) is 18.0 Å². The van der Waals surface area contributed by atoms with Crippen LogP contribution in [0.2, 0.25) is 0 Å². The maximum Gasteiger partial charge on any atom is 0.269 e. The van der Waals surface area contributed by atoms with E-state index in [0.29, 0.717) is 32.6 Å². The summed E-state index contributed by atoms with van der Waals surface area (Å²) < 4.78 is 31.5. The van der Waals surface area contributed by atoms with E-state index in [4.69, 9.17) is 4.74 Å². The quantitative estimate of drug-likeness (QED) is 0.679. The molecular formula is C22H25N3O5S. The fraction of sp³-hybridized carbons (Fsp3) is 0.364. The minimum atomic E-state index is -3.82. The SMILES string of the molecule is COc1ccccc1N1CCN(C(=O)CCCN2C(=O)c3ccccc3S2(=O)=O)CC1. The minimum Gasteiger partial charge on any atom is -0.495 e. The fourth-order valence-corrected chi connectivity index (χ4v) is 5.68. The first-order valence-corrected chi connectivity index (χ1v) is 11.7. The van der Waals surface area contributed by atoms with Gasteiger partial charge in [0.1, 0.15) is 10.6 Å². The maximum absolute atomic E-state index is 12.6. The number of amides is 2. The van der Waals surface area contributed by atoms with Crippen LogP contribution in [0.5, 0.6) is 5.75 Å². The number of para-hydroxylation sites is 2. The monoisotopic (exact) mass is 443 g/mol. The van der Waals surface area contributed by atoms with E-state index in [1.54, 1.807) is 24.1 Å². The van der Waals surface area contributed by atoms with Gasteiger partial charge in [0.25, 0.3) is 15.9 Å². The number of ether oxygens (including phenoxy) is 1. The van der Waals surface area contributed by atoms with Crippen LogP contribution in [0, 0.1) is 0 Å². The number of rotatable bonds is 6. The van der Waals surface area contributed by atoms with Crippen LogP contribution in [-0.2, 0) is 14.8 Å². The molecule has 31 heavy (non-hydrogen) atoms. The second kappa shape index (κ2) is 8.58. The number of carbonyl (C=O) groups is 2. The lowest BCUT2D eigenvalue weighted by atomic mass is 10.2. The molecule has 0 radical (unpaired) electrons. The van der Waals surface area contributed by atoms with E-state index in [-0.39, 0.29) is 29.3 Å². The first-order chi connectivity index (χ1) is 14.9. The topological polar surface area (TPSA) is 87.2 Å². The molecule has 0 spiro atoms. The van der Waals surface area contributed by atoms with Crippen LogP contribution in [0.1, 0.15) is 23.2 Å². The molecule has 8 nitrogen and oxygen atoms in total. The molecule has 0 bridgehead atoms. The summed E-state index contributed by atoms with van der Waals surface area (Å²) in [6, 6.07) is 14.0. The second-order valence-electron chi connectivity index (χ2n) is 7.52. The van der Waals surface area contributed by atoms with Gasteiger partial charge in [-0.25, -0.2) is 12.7 Å². The van der Waals surface area contributed by atoms with E-state index in [1.807, 2.05) is 24.3 Å². The highest BCUT2D eigenvalue weighted by atomic mass is 32.2. The van der Waals surface area contributed by atoms with E-state index < -0.39 is 15.9 Å². The molecule has 1 saturated heterocycles. The van der Waals surface area contributed by atoms with Crippen molar-refractivity contribution in [3.63, 3.8) is 0 Å². The molecule has 2 amide bonds. The molecule has 2 heterocycles. The third-order valence-corrected chi connectivity index (χ3v) is 7.56. The van der Waals surface area contributed by atoms with Gasteiger partial charge in [0, 0.05) is 39.1 Å². The average molecular weight is 444 g/mol. The average Bonchev–Trinajstić information content (AvgIpc) is 2.99. The molecule has 0 atom stereocenters. The largest absolute Gasteiger partial charge is 0.495 e. The van der Waals surface area contributed by atoms with Gasteiger partial charge < -0.3 is 14.5 Å². The van der Waals surface area contributed by atoms with E-state index in [0.717, 1.165) is 15.7 Å². The molecule has 1 fully saturated rings. The van der Waals surface area contributed by atoms with Gasteiger partial charge in [-0.15, -0.1) is 0 Å². The molecule has 2 aliphatic rings. The number of piperazine rings is 1.